The van der Waals surface area contributed by atoms with Gasteiger partial charge >= 0.3 is 0 Å². The fourth-order valence-corrected chi connectivity index (χ4v) is 7.11. The summed E-state index contributed by atoms with van der Waals surface area (Å²) in [7, 11) is -3.81. The molecular formula is C24H38N6O5S. The van der Waals surface area contributed by atoms with Crippen molar-refractivity contribution in [3.05, 3.63) is 17.8 Å². The van der Waals surface area contributed by atoms with Crippen LogP contribution in [-0.2, 0) is 15.0 Å². The van der Waals surface area contributed by atoms with E-state index in [0.29, 0.717) is 36.8 Å². The van der Waals surface area contributed by atoms with Gasteiger partial charge in [-0.2, -0.15) is 18.2 Å². The van der Waals surface area contributed by atoms with Crippen molar-refractivity contribution in [2.75, 3.05) is 6.61 Å². The van der Waals surface area contributed by atoms with Crippen molar-refractivity contribution in [1.29, 1.82) is 0 Å². The fourth-order valence-electron chi connectivity index (χ4n) is 6.26. The molecule has 1 aromatic rings. The summed E-state index contributed by atoms with van der Waals surface area (Å²) in [5.41, 5.74) is 4.37. The van der Waals surface area contributed by atoms with Gasteiger partial charge in [0, 0.05) is 17.8 Å². The molecule has 1 aromatic heterocycles. The number of nitrogens with one attached hydrogen (secondary N) is 2. The lowest BCUT2D eigenvalue weighted by Crippen LogP contribution is -2.67. The number of hydrogen-bond acceptors (Lipinski definition) is 6. The van der Waals surface area contributed by atoms with Gasteiger partial charge in [-0.05, 0) is 69.6 Å². The maximum atomic E-state index is 13.5. The SMILES string of the molecule is CC(C)COc1c(C(=O)N[C@H]2C3CC4CC2C[C@](NS(N)(=O)=O)(C4)C3)cnn1/C=C/C(C)(C)C(N)=O. The molecule has 2 atom stereocenters. The Labute approximate surface area is 212 Å². The first-order valence-electron chi connectivity index (χ1n) is 12.5. The molecule has 1 heterocycles. The molecule has 4 saturated carbocycles. The molecule has 2 unspecified atom stereocenters. The lowest BCUT2D eigenvalue weighted by Gasteiger charge is -2.59. The van der Waals surface area contributed by atoms with Gasteiger partial charge in [-0.1, -0.05) is 19.9 Å². The van der Waals surface area contributed by atoms with E-state index in [1.54, 1.807) is 26.1 Å². The maximum absolute atomic E-state index is 13.5. The van der Waals surface area contributed by atoms with Gasteiger partial charge in [0.05, 0.1) is 18.2 Å². The summed E-state index contributed by atoms with van der Waals surface area (Å²) in [4.78, 5) is 25.2. The molecule has 0 radical (unpaired) electrons. The third-order valence-corrected chi connectivity index (χ3v) is 8.46. The smallest absolute Gasteiger partial charge is 0.274 e. The Hall–Kier alpha value is -2.44. The first-order chi connectivity index (χ1) is 16.7. The van der Waals surface area contributed by atoms with Crippen LogP contribution in [0, 0.1) is 29.1 Å². The number of hydrogen-bond donors (Lipinski definition) is 4. The third-order valence-electron chi connectivity index (χ3n) is 7.74. The summed E-state index contributed by atoms with van der Waals surface area (Å²) in [6.45, 7) is 7.79. The molecule has 0 spiro atoms. The van der Waals surface area contributed by atoms with E-state index < -0.39 is 27.1 Å². The summed E-state index contributed by atoms with van der Waals surface area (Å²) < 4.78 is 33.7. The van der Waals surface area contributed by atoms with Gasteiger partial charge in [0.25, 0.3) is 16.1 Å². The normalized spacial score (nSPS) is 29.7. The zero-order valence-electron chi connectivity index (χ0n) is 21.4. The van der Waals surface area contributed by atoms with Gasteiger partial charge in [-0.15, -0.1) is 0 Å². The molecule has 200 valence electrons. The number of primary amides is 1. The lowest BCUT2D eigenvalue weighted by atomic mass is 9.51. The minimum atomic E-state index is -3.81. The number of carbonyl (C=O) groups is 2. The van der Waals surface area contributed by atoms with Crippen LogP contribution in [0.15, 0.2) is 12.3 Å². The first kappa shape index (κ1) is 26.6. The van der Waals surface area contributed by atoms with Crippen LogP contribution in [0.25, 0.3) is 6.20 Å². The molecule has 11 nitrogen and oxygen atoms in total. The van der Waals surface area contributed by atoms with E-state index in [9.17, 15) is 18.0 Å². The van der Waals surface area contributed by atoms with E-state index in [1.807, 2.05) is 13.8 Å². The quantitative estimate of drug-likeness (QED) is 0.361. The van der Waals surface area contributed by atoms with Crippen molar-refractivity contribution in [2.24, 2.45) is 40.0 Å². The number of carbonyl (C=O) groups excluding carboxylic acids is 2. The minimum absolute atomic E-state index is 0.0601. The van der Waals surface area contributed by atoms with E-state index >= 15 is 0 Å². The number of ether oxygens (including phenoxy) is 1. The average molecular weight is 523 g/mol. The van der Waals surface area contributed by atoms with Crippen molar-refractivity contribution in [3.63, 3.8) is 0 Å². The zero-order valence-corrected chi connectivity index (χ0v) is 22.2. The largest absolute Gasteiger partial charge is 0.477 e. The Bertz CT molecular complexity index is 1140. The lowest BCUT2D eigenvalue weighted by molar-refractivity contribution is -0.123. The molecular weight excluding hydrogens is 484 g/mol. The Morgan fingerprint density at radius 3 is 2.47 bits per heavy atom. The van der Waals surface area contributed by atoms with Crippen LogP contribution in [0.4, 0.5) is 0 Å². The van der Waals surface area contributed by atoms with Gasteiger partial charge in [-0.25, -0.2) is 9.82 Å². The highest BCUT2D eigenvalue weighted by Crippen LogP contribution is 2.56. The van der Waals surface area contributed by atoms with Crippen molar-refractivity contribution in [1.82, 2.24) is 19.8 Å². The molecule has 4 aliphatic carbocycles. The van der Waals surface area contributed by atoms with Crippen LogP contribution in [0.1, 0.15) is 70.2 Å². The Balaban J connectivity index is 1.54. The van der Waals surface area contributed by atoms with Crippen molar-refractivity contribution in [2.45, 2.75) is 71.4 Å². The molecule has 4 aliphatic rings. The third kappa shape index (κ3) is 5.60. The Kier molecular flexibility index (Phi) is 6.99. The molecule has 0 aromatic carbocycles. The predicted octanol–water partition coefficient (Wildman–Crippen LogP) is 1.37. The Morgan fingerprint density at radius 1 is 1.28 bits per heavy atom. The second kappa shape index (κ2) is 9.46. The molecule has 5 rings (SSSR count). The molecule has 6 N–H and O–H groups in total. The summed E-state index contributed by atoms with van der Waals surface area (Å²) >= 11 is 0. The molecule has 12 heteroatoms. The van der Waals surface area contributed by atoms with Gasteiger partial charge < -0.3 is 15.8 Å². The second-order valence-electron chi connectivity index (χ2n) is 11.8. The highest BCUT2D eigenvalue weighted by molar-refractivity contribution is 7.87. The van der Waals surface area contributed by atoms with E-state index in [-0.39, 0.29) is 29.7 Å². The van der Waals surface area contributed by atoms with Gasteiger partial charge in [-0.3, -0.25) is 9.59 Å². The van der Waals surface area contributed by atoms with E-state index in [4.69, 9.17) is 15.6 Å². The van der Waals surface area contributed by atoms with Crippen molar-refractivity contribution < 1.29 is 22.7 Å². The molecule has 2 amide bonds. The number of rotatable bonds is 10. The summed E-state index contributed by atoms with van der Waals surface area (Å²) in [6, 6.07) is -0.0601. The van der Waals surface area contributed by atoms with E-state index in [0.717, 1.165) is 19.3 Å². The number of nitrogens with two attached hydrogens (primary N) is 2. The molecule has 4 fully saturated rings. The standard InChI is InChI=1S/C24H38N6O5S/c1-14(2)13-35-21-18(12-27-30(21)6-5-23(3,4)22(25)32)20(31)28-19-16-7-15-8-17(19)11-24(9-15,10-16)29-36(26,33)34/h5-6,12,14-17,19,29H,7-11,13H2,1-4H3,(H2,25,32)(H,28,31)(H2,26,33,34)/b6-5+/t15?,16?,17?,19-,24-. The average Bonchev–Trinajstić information content (AvgIpc) is 3.14. The molecule has 0 aliphatic heterocycles. The maximum Gasteiger partial charge on any atom is 0.274 e. The monoisotopic (exact) mass is 522 g/mol. The summed E-state index contributed by atoms with van der Waals surface area (Å²) in [5.74, 6) is 0.521. The van der Waals surface area contributed by atoms with Crippen molar-refractivity contribution in [3.8, 4) is 5.88 Å². The first-order valence-corrected chi connectivity index (χ1v) is 14.0. The van der Waals surface area contributed by atoms with Crippen LogP contribution in [0.5, 0.6) is 5.88 Å². The number of aromatic nitrogens is 2. The predicted molar refractivity (Wildman–Crippen MR) is 135 cm³/mol. The van der Waals surface area contributed by atoms with E-state index in [2.05, 4.69) is 15.1 Å². The fraction of sp³-hybridized carbons (Fsp3) is 0.708. The van der Waals surface area contributed by atoms with Crippen LogP contribution in [-0.4, -0.2) is 48.2 Å². The van der Waals surface area contributed by atoms with Gasteiger partial charge in [0.2, 0.25) is 11.8 Å². The number of nitrogens with zero attached hydrogens (tertiary/aromatic N) is 2. The Morgan fingerprint density at radius 2 is 1.92 bits per heavy atom. The summed E-state index contributed by atoms with van der Waals surface area (Å²) in [5, 5.41) is 12.8. The van der Waals surface area contributed by atoms with Gasteiger partial charge in [0.15, 0.2) is 0 Å². The second-order valence-corrected chi connectivity index (χ2v) is 13.1. The van der Waals surface area contributed by atoms with Crippen LogP contribution in [0.2, 0.25) is 0 Å². The highest BCUT2D eigenvalue weighted by Gasteiger charge is 2.56. The van der Waals surface area contributed by atoms with Crippen LogP contribution in [0.3, 0.4) is 0 Å². The highest BCUT2D eigenvalue weighted by atomic mass is 32.2. The molecule has 0 saturated heterocycles. The van der Waals surface area contributed by atoms with E-state index in [1.165, 1.54) is 10.9 Å². The van der Waals surface area contributed by atoms with Crippen LogP contribution < -0.4 is 25.6 Å². The topological polar surface area (TPSA) is 171 Å². The minimum Gasteiger partial charge on any atom is -0.477 e. The van der Waals surface area contributed by atoms with Gasteiger partial charge in [0.1, 0.15) is 5.56 Å². The van der Waals surface area contributed by atoms with Crippen LogP contribution >= 0.6 is 0 Å². The number of amides is 2. The van der Waals surface area contributed by atoms with Crippen molar-refractivity contribution >= 4 is 28.2 Å². The molecule has 36 heavy (non-hydrogen) atoms. The summed E-state index contributed by atoms with van der Waals surface area (Å²) in [6.07, 6.45) is 8.69. The zero-order chi connectivity index (χ0) is 26.5. The molecule has 4 bridgehead atoms.